The van der Waals surface area contributed by atoms with Gasteiger partial charge in [-0.2, -0.15) is 5.10 Å². The number of nitrogens with two attached hydrogens (primary N) is 1. The van der Waals surface area contributed by atoms with Gasteiger partial charge in [0.15, 0.2) is 0 Å². The molecule has 5 N–H and O–H groups in total. The van der Waals surface area contributed by atoms with Crippen molar-refractivity contribution in [2.24, 2.45) is 50.3 Å². The number of aliphatic imine (C=N–C) groups is 1. The maximum Gasteiger partial charge on any atom is 0.214 e. The zero-order valence-electron chi connectivity index (χ0n) is 20.1. The zero-order chi connectivity index (χ0) is 23.3. The minimum atomic E-state index is -0.639. The second kappa shape index (κ2) is 8.38. The SMILES string of the molecule is C[C@]12CC[C@H](O)C[C@H]1CC[C@@H]1[C@@H]2CC[C@]2(C)[C@@H](/C=N\NC(N)=Nc3ccccc3)CC[C@]12O. The third-order valence-electron chi connectivity index (χ3n) is 10.3. The van der Waals surface area contributed by atoms with E-state index >= 15 is 0 Å². The number of hydrogen-bond donors (Lipinski definition) is 4. The van der Waals surface area contributed by atoms with Crippen LogP contribution in [0.15, 0.2) is 40.4 Å². The predicted octanol–water partition coefficient (Wildman–Crippen LogP) is 4.34. The molecule has 33 heavy (non-hydrogen) atoms. The molecule has 0 aromatic heterocycles. The van der Waals surface area contributed by atoms with Crippen molar-refractivity contribution < 1.29 is 10.2 Å². The van der Waals surface area contributed by atoms with Crippen molar-refractivity contribution >= 4 is 17.9 Å². The Morgan fingerprint density at radius 1 is 1.03 bits per heavy atom. The number of benzene rings is 1. The third kappa shape index (κ3) is 3.70. The Hall–Kier alpha value is -1.92. The lowest BCUT2D eigenvalue weighted by molar-refractivity contribution is -0.206. The standard InChI is InChI=1S/C27H40N4O2/c1-25-13-11-21(32)16-18(25)8-9-23-22(25)12-14-26(2)19(10-15-27(23,26)33)17-29-31-24(28)30-20-6-4-3-5-7-20/h3-7,17-19,21-23,32-33H,8-16H2,1-2H3,(H3,28,30,31)/b29-17-/t18-,19-,21+,22+,23-,25+,26-,27+/m1/s1. The smallest absolute Gasteiger partial charge is 0.214 e. The molecule has 0 amide bonds. The minimum Gasteiger partial charge on any atom is -0.393 e. The molecule has 0 saturated heterocycles. The van der Waals surface area contributed by atoms with Crippen molar-refractivity contribution in [1.82, 2.24) is 5.43 Å². The van der Waals surface area contributed by atoms with Gasteiger partial charge in [-0.25, -0.2) is 10.4 Å². The van der Waals surface area contributed by atoms with Gasteiger partial charge in [0.05, 0.1) is 17.4 Å². The van der Waals surface area contributed by atoms with Gasteiger partial charge < -0.3 is 15.9 Å². The lowest BCUT2D eigenvalue weighted by Crippen LogP contribution is -2.62. The quantitative estimate of drug-likeness (QED) is 0.311. The number of fused-ring (bicyclic) bond motifs is 5. The van der Waals surface area contributed by atoms with E-state index in [0.717, 1.165) is 57.1 Å². The summed E-state index contributed by atoms with van der Waals surface area (Å²) < 4.78 is 0. The molecule has 5 rings (SSSR count). The number of aliphatic hydroxyl groups excluding tert-OH is 1. The van der Waals surface area contributed by atoms with Crippen LogP contribution in [0, 0.1) is 34.5 Å². The second-order valence-electron chi connectivity index (χ2n) is 11.7. The first-order valence-electron chi connectivity index (χ1n) is 12.8. The van der Waals surface area contributed by atoms with E-state index in [1.54, 1.807) is 0 Å². The highest BCUT2D eigenvalue weighted by Gasteiger charge is 2.66. The number of nitrogens with zero attached hydrogens (tertiary/aromatic N) is 2. The molecule has 4 aliphatic rings. The van der Waals surface area contributed by atoms with E-state index in [9.17, 15) is 10.2 Å². The minimum absolute atomic E-state index is 0.131. The topological polar surface area (TPSA) is 103 Å². The largest absolute Gasteiger partial charge is 0.393 e. The molecule has 0 heterocycles. The fourth-order valence-electron chi connectivity index (χ4n) is 8.34. The maximum absolute atomic E-state index is 12.2. The van der Waals surface area contributed by atoms with Crippen LogP contribution in [0.1, 0.15) is 71.6 Å². The Labute approximate surface area is 197 Å². The molecule has 4 fully saturated rings. The summed E-state index contributed by atoms with van der Waals surface area (Å²) in [5.74, 6) is 2.00. The van der Waals surface area contributed by atoms with Crippen LogP contribution in [-0.2, 0) is 0 Å². The van der Waals surface area contributed by atoms with Crippen molar-refractivity contribution in [1.29, 1.82) is 0 Å². The number of rotatable bonds is 3. The van der Waals surface area contributed by atoms with Gasteiger partial charge in [0.25, 0.3) is 0 Å². The Bertz CT molecular complexity index is 920. The second-order valence-corrected chi connectivity index (χ2v) is 11.7. The van der Waals surface area contributed by atoms with Gasteiger partial charge in [-0.15, -0.1) is 0 Å². The average molecular weight is 453 g/mol. The Morgan fingerprint density at radius 3 is 2.61 bits per heavy atom. The highest BCUT2D eigenvalue weighted by Crippen LogP contribution is 2.68. The number of nitrogens with one attached hydrogen (secondary N) is 1. The zero-order valence-corrected chi connectivity index (χ0v) is 20.1. The van der Waals surface area contributed by atoms with Gasteiger partial charge in [0.1, 0.15) is 0 Å². The Kier molecular flexibility index (Phi) is 5.81. The molecule has 180 valence electrons. The van der Waals surface area contributed by atoms with Crippen LogP contribution in [0.3, 0.4) is 0 Å². The molecule has 0 spiro atoms. The van der Waals surface area contributed by atoms with E-state index in [-0.39, 0.29) is 28.8 Å². The molecule has 0 radical (unpaired) electrons. The summed E-state index contributed by atoms with van der Waals surface area (Å²) >= 11 is 0. The first-order valence-corrected chi connectivity index (χ1v) is 12.8. The number of hydrazone groups is 1. The molecule has 6 heteroatoms. The fourth-order valence-corrected chi connectivity index (χ4v) is 8.34. The third-order valence-corrected chi connectivity index (χ3v) is 10.3. The normalized spacial score (nSPS) is 45.3. The van der Waals surface area contributed by atoms with Gasteiger partial charge in [0.2, 0.25) is 5.96 Å². The van der Waals surface area contributed by atoms with Crippen molar-refractivity contribution in [3.05, 3.63) is 30.3 Å². The molecule has 4 saturated carbocycles. The van der Waals surface area contributed by atoms with Crippen LogP contribution >= 0.6 is 0 Å². The van der Waals surface area contributed by atoms with Crippen LogP contribution in [0.5, 0.6) is 0 Å². The van der Waals surface area contributed by atoms with E-state index in [1.165, 1.54) is 6.42 Å². The van der Waals surface area contributed by atoms with E-state index in [2.05, 4.69) is 29.4 Å². The fraction of sp³-hybridized carbons (Fsp3) is 0.704. The van der Waals surface area contributed by atoms with Gasteiger partial charge in [-0.3, -0.25) is 0 Å². The molecule has 0 aliphatic heterocycles. The summed E-state index contributed by atoms with van der Waals surface area (Å²) in [6, 6.07) is 9.60. The van der Waals surface area contributed by atoms with Crippen LogP contribution in [-0.4, -0.2) is 34.1 Å². The molecule has 8 atom stereocenters. The summed E-state index contributed by atoms with van der Waals surface area (Å²) in [6.07, 6.45) is 11.0. The van der Waals surface area contributed by atoms with Gasteiger partial charge in [0, 0.05) is 17.5 Å². The first kappa shape index (κ1) is 22.9. The monoisotopic (exact) mass is 452 g/mol. The molecule has 4 aliphatic carbocycles. The molecule has 1 aromatic carbocycles. The summed E-state index contributed by atoms with van der Waals surface area (Å²) in [5.41, 5.74) is 9.14. The highest BCUT2D eigenvalue weighted by molar-refractivity contribution is 5.81. The van der Waals surface area contributed by atoms with Crippen molar-refractivity contribution in [2.45, 2.75) is 83.3 Å². The van der Waals surface area contributed by atoms with E-state index in [0.29, 0.717) is 17.8 Å². The summed E-state index contributed by atoms with van der Waals surface area (Å²) in [5, 5.41) is 26.9. The number of aliphatic hydroxyl groups is 2. The lowest BCUT2D eigenvalue weighted by Gasteiger charge is -2.63. The van der Waals surface area contributed by atoms with Gasteiger partial charge in [-0.1, -0.05) is 32.0 Å². The molecule has 0 unspecified atom stereocenters. The number of guanidine groups is 1. The molecule has 6 nitrogen and oxygen atoms in total. The molecular formula is C27H40N4O2. The molecule has 1 aromatic rings. The van der Waals surface area contributed by atoms with Gasteiger partial charge >= 0.3 is 0 Å². The highest BCUT2D eigenvalue weighted by atomic mass is 16.3. The maximum atomic E-state index is 12.2. The molecular weight excluding hydrogens is 412 g/mol. The van der Waals surface area contributed by atoms with Crippen LogP contribution in [0.2, 0.25) is 0 Å². The Balaban J connectivity index is 1.30. The van der Waals surface area contributed by atoms with E-state index in [4.69, 9.17) is 5.73 Å². The van der Waals surface area contributed by atoms with Crippen LogP contribution < -0.4 is 11.2 Å². The van der Waals surface area contributed by atoms with Crippen molar-refractivity contribution in [3.8, 4) is 0 Å². The summed E-state index contributed by atoms with van der Waals surface area (Å²) in [6.45, 7) is 4.74. The first-order chi connectivity index (χ1) is 15.8. The number of hydrogen-bond acceptors (Lipinski definition) is 4. The van der Waals surface area contributed by atoms with Crippen molar-refractivity contribution in [3.63, 3.8) is 0 Å². The predicted molar refractivity (Wildman–Crippen MR) is 132 cm³/mol. The lowest BCUT2D eigenvalue weighted by atomic mass is 9.43. The number of para-hydroxylation sites is 1. The summed E-state index contributed by atoms with van der Waals surface area (Å²) in [7, 11) is 0. The van der Waals surface area contributed by atoms with E-state index < -0.39 is 5.60 Å². The molecule has 0 bridgehead atoms. The average Bonchev–Trinajstić information content (AvgIpc) is 3.06. The Morgan fingerprint density at radius 2 is 1.82 bits per heavy atom. The van der Waals surface area contributed by atoms with Crippen LogP contribution in [0.25, 0.3) is 0 Å². The van der Waals surface area contributed by atoms with E-state index in [1.807, 2.05) is 36.5 Å². The van der Waals surface area contributed by atoms with Crippen molar-refractivity contribution in [2.75, 3.05) is 0 Å². The summed E-state index contributed by atoms with van der Waals surface area (Å²) in [4.78, 5) is 4.34. The van der Waals surface area contributed by atoms with Gasteiger partial charge in [-0.05, 0) is 93.1 Å². The van der Waals surface area contributed by atoms with Crippen LogP contribution in [0.4, 0.5) is 5.69 Å².